The first kappa shape index (κ1) is 9.52. The standard InChI is InChI=1S/C9H17NO2/c1-10(9(12)7-11)6-8-4-2-3-5-8/h8,11H,2-7H2,1H3. The number of nitrogens with zero attached hydrogens (tertiary/aromatic N) is 1. The van der Waals surface area contributed by atoms with Gasteiger partial charge < -0.3 is 10.0 Å². The number of carbonyl (C=O) groups excluding carboxylic acids is 1. The van der Waals surface area contributed by atoms with Gasteiger partial charge in [0.05, 0.1) is 0 Å². The third-order valence-corrected chi connectivity index (χ3v) is 2.57. The second-order valence-electron chi connectivity index (χ2n) is 3.58. The van der Waals surface area contributed by atoms with Crippen molar-refractivity contribution in [3.63, 3.8) is 0 Å². The average Bonchev–Trinajstić information content (AvgIpc) is 2.55. The fourth-order valence-electron chi connectivity index (χ4n) is 1.80. The van der Waals surface area contributed by atoms with Crippen molar-refractivity contribution in [3.05, 3.63) is 0 Å². The van der Waals surface area contributed by atoms with Crippen LogP contribution in [0.3, 0.4) is 0 Å². The van der Waals surface area contributed by atoms with Crippen molar-refractivity contribution in [2.24, 2.45) is 5.92 Å². The van der Waals surface area contributed by atoms with E-state index in [2.05, 4.69) is 0 Å². The first-order valence-electron chi connectivity index (χ1n) is 4.59. The van der Waals surface area contributed by atoms with E-state index in [0.29, 0.717) is 5.92 Å². The van der Waals surface area contributed by atoms with Gasteiger partial charge in [-0.05, 0) is 18.8 Å². The van der Waals surface area contributed by atoms with Crippen molar-refractivity contribution in [3.8, 4) is 0 Å². The van der Waals surface area contributed by atoms with Gasteiger partial charge >= 0.3 is 0 Å². The molecule has 0 saturated heterocycles. The lowest BCUT2D eigenvalue weighted by Crippen LogP contribution is -2.33. The Morgan fingerprint density at radius 2 is 2.08 bits per heavy atom. The molecule has 0 aromatic heterocycles. The minimum Gasteiger partial charge on any atom is -0.387 e. The lowest BCUT2D eigenvalue weighted by molar-refractivity contribution is -0.133. The van der Waals surface area contributed by atoms with Crippen LogP contribution < -0.4 is 0 Å². The van der Waals surface area contributed by atoms with Crippen LogP contribution in [0.25, 0.3) is 0 Å². The van der Waals surface area contributed by atoms with Gasteiger partial charge in [-0.3, -0.25) is 4.79 Å². The van der Waals surface area contributed by atoms with Crippen LogP contribution in [-0.4, -0.2) is 36.1 Å². The minimum atomic E-state index is -0.358. The highest BCUT2D eigenvalue weighted by molar-refractivity contribution is 5.76. The molecule has 1 amide bonds. The molecule has 0 aromatic rings. The Hall–Kier alpha value is -0.570. The number of amides is 1. The Bertz CT molecular complexity index is 153. The van der Waals surface area contributed by atoms with Gasteiger partial charge in [0.1, 0.15) is 6.61 Å². The van der Waals surface area contributed by atoms with Crippen molar-refractivity contribution < 1.29 is 9.90 Å². The zero-order valence-corrected chi connectivity index (χ0v) is 7.62. The van der Waals surface area contributed by atoms with Crippen LogP contribution in [0.5, 0.6) is 0 Å². The number of rotatable bonds is 3. The molecule has 1 aliphatic rings. The Morgan fingerprint density at radius 3 is 2.58 bits per heavy atom. The Labute approximate surface area is 73.4 Å². The lowest BCUT2D eigenvalue weighted by atomic mass is 10.1. The molecule has 0 heterocycles. The second kappa shape index (κ2) is 4.45. The van der Waals surface area contributed by atoms with Crippen molar-refractivity contribution in [2.45, 2.75) is 25.7 Å². The van der Waals surface area contributed by atoms with Crippen molar-refractivity contribution in [1.82, 2.24) is 4.90 Å². The number of aliphatic hydroxyl groups is 1. The van der Waals surface area contributed by atoms with Crippen LogP contribution in [0.1, 0.15) is 25.7 Å². The highest BCUT2D eigenvalue weighted by Gasteiger charge is 2.18. The summed E-state index contributed by atoms with van der Waals surface area (Å²) in [4.78, 5) is 12.6. The fourth-order valence-corrected chi connectivity index (χ4v) is 1.80. The summed E-state index contributed by atoms with van der Waals surface area (Å²) in [6.45, 7) is 0.461. The smallest absolute Gasteiger partial charge is 0.248 e. The predicted molar refractivity (Wildman–Crippen MR) is 46.7 cm³/mol. The van der Waals surface area contributed by atoms with Crippen LogP contribution in [0, 0.1) is 5.92 Å². The number of hydrogen-bond acceptors (Lipinski definition) is 2. The molecule has 1 aliphatic carbocycles. The van der Waals surface area contributed by atoms with E-state index in [1.807, 2.05) is 0 Å². The van der Waals surface area contributed by atoms with Gasteiger partial charge in [0.15, 0.2) is 0 Å². The maximum Gasteiger partial charge on any atom is 0.248 e. The molecular weight excluding hydrogens is 154 g/mol. The average molecular weight is 171 g/mol. The van der Waals surface area contributed by atoms with E-state index in [-0.39, 0.29) is 12.5 Å². The normalized spacial score (nSPS) is 18.2. The van der Waals surface area contributed by atoms with E-state index in [1.54, 1.807) is 11.9 Å². The number of aliphatic hydroxyl groups excluding tert-OH is 1. The molecule has 1 rings (SSSR count). The topological polar surface area (TPSA) is 40.5 Å². The Kier molecular flexibility index (Phi) is 3.53. The molecule has 0 aromatic carbocycles. The Balaban J connectivity index is 2.24. The van der Waals surface area contributed by atoms with Crippen LogP contribution in [0.2, 0.25) is 0 Å². The fraction of sp³-hybridized carbons (Fsp3) is 0.889. The van der Waals surface area contributed by atoms with Crippen molar-refractivity contribution in [1.29, 1.82) is 0 Å². The van der Waals surface area contributed by atoms with E-state index in [4.69, 9.17) is 5.11 Å². The summed E-state index contributed by atoms with van der Waals surface area (Å²) in [5, 5.41) is 8.59. The summed E-state index contributed by atoms with van der Waals surface area (Å²) >= 11 is 0. The van der Waals surface area contributed by atoms with Crippen molar-refractivity contribution >= 4 is 5.91 Å². The molecular formula is C9H17NO2. The summed E-state index contributed by atoms with van der Waals surface area (Å²) in [5.41, 5.74) is 0. The number of carbonyl (C=O) groups is 1. The van der Waals surface area contributed by atoms with Gasteiger partial charge in [-0.25, -0.2) is 0 Å². The molecule has 3 heteroatoms. The summed E-state index contributed by atoms with van der Waals surface area (Å²) in [7, 11) is 1.76. The van der Waals surface area contributed by atoms with Gasteiger partial charge in [0.2, 0.25) is 5.91 Å². The minimum absolute atomic E-state index is 0.165. The molecule has 3 nitrogen and oxygen atoms in total. The van der Waals surface area contributed by atoms with Gasteiger partial charge in [0.25, 0.3) is 0 Å². The summed E-state index contributed by atoms with van der Waals surface area (Å²) < 4.78 is 0. The second-order valence-corrected chi connectivity index (χ2v) is 3.58. The van der Waals surface area contributed by atoms with E-state index >= 15 is 0 Å². The molecule has 0 unspecified atom stereocenters. The summed E-state index contributed by atoms with van der Waals surface area (Å²) in [6.07, 6.45) is 5.07. The van der Waals surface area contributed by atoms with Crippen LogP contribution in [0.15, 0.2) is 0 Å². The van der Waals surface area contributed by atoms with Crippen LogP contribution in [0.4, 0.5) is 0 Å². The maximum absolute atomic E-state index is 11.0. The van der Waals surface area contributed by atoms with Gasteiger partial charge in [-0.2, -0.15) is 0 Å². The summed E-state index contributed by atoms with van der Waals surface area (Å²) in [6, 6.07) is 0. The zero-order valence-electron chi connectivity index (χ0n) is 7.62. The van der Waals surface area contributed by atoms with Crippen molar-refractivity contribution in [2.75, 3.05) is 20.2 Å². The van der Waals surface area contributed by atoms with E-state index in [0.717, 1.165) is 6.54 Å². The molecule has 0 spiro atoms. The quantitative estimate of drug-likeness (QED) is 0.676. The predicted octanol–water partition coefficient (Wildman–Crippen LogP) is 0.627. The lowest BCUT2D eigenvalue weighted by Gasteiger charge is -2.19. The molecule has 70 valence electrons. The maximum atomic E-state index is 11.0. The molecule has 12 heavy (non-hydrogen) atoms. The monoisotopic (exact) mass is 171 g/mol. The number of likely N-dealkylation sites (N-methyl/N-ethyl adjacent to an activating group) is 1. The molecule has 1 saturated carbocycles. The van der Waals surface area contributed by atoms with Gasteiger partial charge in [-0.15, -0.1) is 0 Å². The molecule has 0 aliphatic heterocycles. The molecule has 0 bridgehead atoms. The van der Waals surface area contributed by atoms with Crippen LogP contribution >= 0.6 is 0 Å². The first-order valence-corrected chi connectivity index (χ1v) is 4.59. The zero-order chi connectivity index (χ0) is 8.97. The highest BCUT2D eigenvalue weighted by Crippen LogP contribution is 2.24. The van der Waals surface area contributed by atoms with E-state index in [9.17, 15) is 4.79 Å². The molecule has 0 radical (unpaired) electrons. The van der Waals surface area contributed by atoms with E-state index in [1.165, 1.54) is 25.7 Å². The molecule has 0 atom stereocenters. The third kappa shape index (κ3) is 2.48. The summed E-state index contributed by atoms with van der Waals surface area (Å²) in [5.74, 6) is 0.507. The largest absolute Gasteiger partial charge is 0.387 e. The van der Waals surface area contributed by atoms with Gasteiger partial charge in [-0.1, -0.05) is 12.8 Å². The van der Waals surface area contributed by atoms with E-state index < -0.39 is 0 Å². The SMILES string of the molecule is CN(CC1CCCC1)C(=O)CO. The third-order valence-electron chi connectivity index (χ3n) is 2.57. The Morgan fingerprint density at radius 1 is 1.50 bits per heavy atom. The first-order chi connectivity index (χ1) is 5.74. The highest BCUT2D eigenvalue weighted by atomic mass is 16.3. The van der Waals surface area contributed by atoms with Crippen LogP contribution in [-0.2, 0) is 4.79 Å². The molecule has 1 fully saturated rings. The van der Waals surface area contributed by atoms with Gasteiger partial charge in [0, 0.05) is 13.6 Å². The molecule has 1 N–H and O–H groups in total. The number of hydrogen-bond donors (Lipinski definition) is 1.